The molecule has 1 amide bonds. The molecule has 0 aromatic heterocycles. The Morgan fingerprint density at radius 3 is 2.56 bits per heavy atom. The largest absolute Gasteiger partial charge is 0.389 e. The monoisotopic (exact) mass is 254 g/mol. The summed E-state index contributed by atoms with van der Waals surface area (Å²) in [5.41, 5.74) is -0.789. The standard InChI is InChI=1S/C14H26N2O2/c1-13(12(17)15-2)6-5-9-16(10-13)11-14(18)7-3-4-8-14/h18H,3-11H2,1-2H3,(H,15,17)/t13-/m1/s1. The van der Waals surface area contributed by atoms with Gasteiger partial charge in [0.1, 0.15) is 0 Å². The summed E-state index contributed by atoms with van der Waals surface area (Å²) in [5, 5.41) is 13.2. The average molecular weight is 254 g/mol. The molecule has 1 aliphatic heterocycles. The Hall–Kier alpha value is -0.610. The van der Waals surface area contributed by atoms with Crippen molar-refractivity contribution in [3.63, 3.8) is 0 Å². The topological polar surface area (TPSA) is 52.6 Å². The normalized spacial score (nSPS) is 32.4. The van der Waals surface area contributed by atoms with Crippen LogP contribution in [0.4, 0.5) is 0 Å². The predicted molar refractivity (Wildman–Crippen MR) is 71.3 cm³/mol. The molecular formula is C14H26N2O2. The molecule has 0 unspecified atom stereocenters. The minimum Gasteiger partial charge on any atom is -0.389 e. The molecule has 1 saturated carbocycles. The first kappa shape index (κ1) is 13.8. The summed E-state index contributed by atoms with van der Waals surface area (Å²) in [6.07, 6.45) is 6.09. The van der Waals surface area contributed by atoms with E-state index in [1.54, 1.807) is 7.05 Å². The van der Waals surface area contributed by atoms with E-state index in [-0.39, 0.29) is 11.3 Å². The van der Waals surface area contributed by atoms with Crippen LogP contribution < -0.4 is 5.32 Å². The van der Waals surface area contributed by atoms with E-state index >= 15 is 0 Å². The molecule has 4 nitrogen and oxygen atoms in total. The summed E-state index contributed by atoms with van der Waals surface area (Å²) in [7, 11) is 1.71. The van der Waals surface area contributed by atoms with E-state index in [9.17, 15) is 9.90 Å². The first-order valence-electron chi connectivity index (χ1n) is 7.14. The number of carbonyl (C=O) groups is 1. The van der Waals surface area contributed by atoms with Crippen LogP contribution in [0.5, 0.6) is 0 Å². The summed E-state index contributed by atoms with van der Waals surface area (Å²) in [5.74, 6) is 0.130. The third-order valence-electron chi connectivity index (χ3n) is 4.60. The maximum Gasteiger partial charge on any atom is 0.226 e. The van der Waals surface area contributed by atoms with Crippen LogP contribution in [0.15, 0.2) is 0 Å². The molecule has 1 saturated heterocycles. The summed E-state index contributed by atoms with van der Waals surface area (Å²) >= 11 is 0. The van der Waals surface area contributed by atoms with Crippen LogP contribution in [0, 0.1) is 5.41 Å². The number of aliphatic hydroxyl groups is 1. The molecule has 0 aromatic rings. The lowest BCUT2D eigenvalue weighted by Gasteiger charge is -2.41. The van der Waals surface area contributed by atoms with Crippen molar-refractivity contribution in [3.05, 3.63) is 0 Å². The highest BCUT2D eigenvalue weighted by atomic mass is 16.3. The number of hydrogen-bond donors (Lipinski definition) is 2. The van der Waals surface area contributed by atoms with Gasteiger partial charge in [-0.05, 0) is 39.2 Å². The minimum absolute atomic E-state index is 0.130. The smallest absolute Gasteiger partial charge is 0.226 e. The maximum absolute atomic E-state index is 12.0. The quantitative estimate of drug-likeness (QED) is 0.794. The first-order chi connectivity index (χ1) is 8.47. The fourth-order valence-electron chi connectivity index (χ4n) is 3.57. The van der Waals surface area contributed by atoms with Gasteiger partial charge >= 0.3 is 0 Å². The molecule has 1 atom stereocenters. The van der Waals surface area contributed by atoms with Gasteiger partial charge in [0.15, 0.2) is 0 Å². The van der Waals surface area contributed by atoms with Gasteiger partial charge < -0.3 is 10.4 Å². The van der Waals surface area contributed by atoms with Crippen molar-refractivity contribution >= 4 is 5.91 Å². The Kier molecular flexibility index (Phi) is 3.97. The van der Waals surface area contributed by atoms with E-state index in [1.165, 1.54) is 0 Å². The molecule has 2 rings (SSSR count). The number of nitrogens with zero attached hydrogens (tertiary/aromatic N) is 1. The van der Waals surface area contributed by atoms with E-state index in [0.29, 0.717) is 0 Å². The first-order valence-corrected chi connectivity index (χ1v) is 7.14. The van der Waals surface area contributed by atoms with Crippen LogP contribution in [0.3, 0.4) is 0 Å². The number of piperidine rings is 1. The molecule has 2 aliphatic rings. The second-order valence-corrected chi connectivity index (χ2v) is 6.39. The summed E-state index contributed by atoms with van der Waals surface area (Å²) in [6, 6.07) is 0. The van der Waals surface area contributed by atoms with Gasteiger partial charge in [0, 0.05) is 20.1 Å². The van der Waals surface area contributed by atoms with E-state index in [4.69, 9.17) is 0 Å². The van der Waals surface area contributed by atoms with Gasteiger partial charge in [-0.2, -0.15) is 0 Å². The van der Waals surface area contributed by atoms with Crippen LogP contribution in [0.1, 0.15) is 45.4 Å². The highest BCUT2D eigenvalue weighted by Crippen LogP contribution is 2.34. The molecule has 2 fully saturated rings. The van der Waals surface area contributed by atoms with Crippen LogP contribution >= 0.6 is 0 Å². The number of carbonyl (C=O) groups excluding carboxylic acids is 1. The van der Waals surface area contributed by atoms with Crippen LogP contribution in [0.25, 0.3) is 0 Å². The van der Waals surface area contributed by atoms with Crippen LogP contribution in [0.2, 0.25) is 0 Å². The number of amides is 1. The number of rotatable bonds is 3. The second-order valence-electron chi connectivity index (χ2n) is 6.39. The molecular weight excluding hydrogens is 228 g/mol. The van der Waals surface area contributed by atoms with E-state index < -0.39 is 5.60 Å². The third kappa shape index (κ3) is 2.86. The number of likely N-dealkylation sites (tertiary alicyclic amines) is 1. The lowest BCUT2D eigenvalue weighted by Crippen LogP contribution is -2.53. The van der Waals surface area contributed by atoms with Gasteiger partial charge in [-0.25, -0.2) is 0 Å². The van der Waals surface area contributed by atoms with Crippen molar-refractivity contribution in [1.29, 1.82) is 0 Å². The molecule has 0 radical (unpaired) electrons. The fraction of sp³-hybridized carbons (Fsp3) is 0.929. The highest BCUT2D eigenvalue weighted by molar-refractivity contribution is 5.82. The van der Waals surface area contributed by atoms with E-state index in [2.05, 4.69) is 10.2 Å². The van der Waals surface area contributed by atoms with Crippen molar-refractivity contribution < 1.29 is 9.90 Å². The molecule has 2 N–H and O–H groups in total. The average Bonchev–Trinajstić information content (AvgIpc) is 2.74. The van der Waals surface area contributed by atoms with Crippen molar-refractivity contribution in [2.45, 2.75) is 51.0 Å². The van der Waals surface area contributed by atoms with E-state index in [1.807, 2.05) is 6.92 Å². The van der Waals surface area contributed by atoms with Gasteiger partial charge in [0.25, 0.3) is 0 Å². The zero-order valence-corrected chi connectivity index (χ0v) is 11.7. The third-order valence-corrected chi connectivity index (χ3v) is 4.60. The molecule has 1 aliphatic carbocycles. The summed E-state index contributed by atoms with van der Waals surface area (Å²) < 4.78 is 0. The van der Waals surface area contributed by atoms with Crippen molar-refractivity contribution in [2.75, 3.05) is 26.7 Å². The van der Waals surface area contributed by atoms with E-state index in [0.717, 1.165) is 58.2 Å². The SMILES string of the molecule is CNC(=O)[C@]1(C)CCCN(CC2(O)CCCC2)C1. The fourth-order valence-corrected chi connectivity index (χ4v) is 3.57. The molecule has 18 heavy (non-hydrogen) atoms. The lowest BCUT2D eigenvalue weighted by atomic mass is 9.80. The zero-order valence-electron chi connectivity index (χ0n) is 11.7. The number of β-amino-alcohol motifs (C(OH)–C–C–N with tert-alkyl or cyclic N) is 1. The Morgan fingerprint density at radius 2 is 1.94 bits per heavy atom. The molecule has 104 valence electrons. The van der Waals surface area contributed by atoms with Gasteiger partial charge in [0.05, 0.1) is 11.0 Å². The molecule has 4 heteroatoms. The van der Waals surface area contributed by atoms with Crippen molar-refractivity contribution in [3.8, 4) is 0 Å². The van der Waals surface area contributed by atoms with Gasteiger partial charge in [-0.1, -0.05) is 12.8 Å². The van der Waals surface area contributed by atoms with Crippen LogP contribution in [-0.4, -0.2) is 48.2 Å². The second kappa shape index (κ2) is 5.17. The predicted octanol–water partition coefficient (Wildman–Crippen LogP) is 1.14. The highest BCUT2D eigenvalue weighted by Gasteiger charge is 2.40. The molecule has 1 heterocycles. The Morgan fingerprint density at radius 1 is 1.28 bits per heavy atom. The maximum atomic E-state index is 12.0. The van der Waals surface area contributed by atoms with Gasteiger partial charge in [0.2, 0.25) is 5.91 Å². The lowest BCUT2D eigenvalue weighted by molar-refractivity contribution is -0.133. The Balaban J connectivity index is 1.96. The molecule has 0 aromatic carbocycles. The van der Waals surface area contributed by atoms with Crippen molar-refractivity contribution in [1.82, 2.24) is 10.2 Å². The van der Waals surface area contributed by atoms with Gasteiger partial charge in [-0.3, -0.25) is 9.69 Å². The zero-order chi connectivity index (χ0) is 13.2. The summed E-state index contributed by atoms with van der Waals surface area (Å²) in [6.45, 7) is 4.56. The van der Waals surface area contributed by atoms with Gasteiger partial charge in [-0.15, -0.1) is 0 Å². The molecule has 0 bridgehead atoms. The summed E-state index contributed by atoms with van der Waals surface area (Å²) in [4.78, 5) is 14.2. The van der Waals surface area contributed by atoms with Crippen LogP contribution in [-0.2, 0) is 4.79 Å². The minimum atomic E-state index is -0.499. The molecule has 0 spiro atoms. The van der Waals surface area contributed by atoms with Crippen molar-refractivity contribution in [2.24, 2.45) is 5.41 Å². The number of nitrogens with one attached hydrogen (secondary N) is 1. The number of hydrogen-bond acceptors (Lipinski definition) is 3. The Bertz CT molecular complexity index is 313. The Labute approximate surface area is 110 Å².